The molecule has 5 heterocycles. The molecule has 1 aliphatic rings. The van der Waals surface area contributed by atoms with Gasteiger partial charge in [-0.2, -0.15) is 5.10 Å². The Morgan fingerprint density at radius 3 is 2.73 bits per heavy atom. The highest BCUT2D eigenvalue weighted by molar-refractivity contribution is 5.87. The van der Waals surface area contributed by atoms with E-state index in [9.17, 15) is 9.90 Å². The summed E-state index contributed by atoms with van der Waals surface area (Å²) in [7, 11) is 1.64. The van der Waals surface area contributed by atoms with Gasteiger partial charge in [-0.3, -0.25) is 9.89 Å². The Balaban J connectivity index is 1.39. The van der Waals surface area contributed by atoms with Gasteiger partial charge in [0.25, 0.3) is 5.91 Å². The van der Waals surface area contributed by atoms with Gasteiger partial charge in [0.2, 0.25) is 11.5 Å². The Morgan fingerprint density at radius 1 is 1.21 bits per heavy atom. The fraction of sp³-hybridized carbons (Fsp3) is 0.273. The number of anilines is 1. The second-order valence-corrected chi connectivity index (χ2v) is 7.98. The van der Waals surface area contributed by atoms with Crippen LogP contribution in [0.4, 0.5) is 5.95 Å². The first-order valence-electron chi connectivity index (χ1n) is 10.5. The van der Waals surface area contributed by atoms with E-state index in [1.807, 2.05) is 25.3 Å². The maximum atomic E-state index is 12.3. The molecule has 0 bridgehead atoms. The molecule has 0 aromatic carbocycles. The zero-order chi connectivity index (χ0) is 23.0. The molecule has 11 heteroatoms. The van der Waals surface area contributed by atoms with Crippen molar-refractivity contribution in [2.75, 3.05) is 18.9 Å². The molecule has 33 heavy (non-hydrogen) atoms. The molecule has 0 saturated carbocycles. The minimum atomic E-state index is -1.70. The molecule has 1 saturated heterocycles. The van der Waals surface area contributed by atoms with E-state index < -0.39 is 11.5 Å². The number of H-pyrrole nitrogens is 1. The van der Waals surface area contributed by atoms with E-state index in [-0.39, 0.29) is 18.2 Å². The number of likely N-dealkylation sites (tertiary alicyclic amines) is 1. The summed E-state index contributed by atoms with van der Waals surface area (Å²) >= 11 is 0. The Kier molecular flexibility index (Phi) is 5.09. The van der Waals surface area contributed by atoms with Gasteiger partial charge in [0, 0.05) is 44.0 Å². The molecule has 1 unspecified atom stereocenters. The first-order valence-corrected chi connectivity index (χ1v) is 10.5. The monoisotopic (exact) mass is 446 g/mol. The van der Waals surface area contributed by atoms with Gasteiger partial charge in [0.15, 0.2) is 5.76 Å². The molecule has 1 amide bonds. The Hall–Kier alpha value is -4.12. The van der Waals surface area contributed by atoms with Crippen LogP contribution in [0, 0.1) is 0 Å². The van der Waals surface area contributed by atoms with Crippen molar-refractivity contribution in [3.63, 3.8) is 0 Å². The van der Waals surface area contributed by atoms with Crippen LogP contribution in [0.1, 0.15) is 30.7 Å². The molecule has 4 aromatic rings. The van der Waals surface area contributed by atoms with Gasteiger partial charge in [-0.15, -0.1) is 0 Å². The average molecular weight is 446 g/mol. The fourth-order valence-electron chi connectivity index (χ4n) is 3.74. The number of nitrogens with zero attached hydrogens (tertiary/aromatic N) is 6. The topological polar surface area (TPSA) is 146 Å². The summed E-state index contributed by atoms with van der Waals surface area (Å²) in [4.78, 5) is 27.3. The second kappa shape index (κ2) is 8.10. The third-order valence-electron chi connectivity index (χ3n) is 5.72. The molecule has 5 rings (SSSR count). The van der Waals surface area contributed by atoms with Crippen molar-refractivity contribution < 1.29 is 14.4 Å². The first kappa shape index (κ1) is 20.8. The summed E-state index contributed by atoms with van der Waals surface area (Å²) in [5, 5.41) is 24.8. The number of carbonyl (C=O) groups is 1. The third kappa shape index (κ3) is 3.82. The summed E-state index contributed by atoms with van der Waals surface area (Å²) in [6.45, 7) is 2.44. The minimum Gasteiger partial charge on any atom is -0.373 e. The molecule has 1 aliphatic heterocycles. The van der Waals surface area contributed by atoms with Crippen LogP contribution in [0.3, 0.4) is 0 Å². The quantitative estimate of drug-likeness (QED) is 0.405. The number of likely N-dealkylation sites (N-methyl/N-ethyl adjacent to an activating group) is 1. The second-order valence-electron chi connectivity index (χ2n) is 7.98. The predicted molar refractivity (Wildman–Crippen MR) is 118 cm³/mol. The SMILES string of the molecule is CC(Nc1nccc(-c2cccc(-c3cc([C@]4(O)CCN(C)C4=O)on3)n2)n1)c1cn[nH]c1. The molecule has 11 nitrogen and oxygen atoms in total. The Morgan fingerprint density at radius 2 is 2.00 bits per heavy atom. The van der Waals surface area contributed by atoms with Gasteiger partial charge in [0.05, 0.1) is 29.3 Å². The zero-order valence-electron chi connectivity index (χ0n) is 18.1. The van der Waals surface area contributed by atoms with E-state index in [0.29, 0.717) is 35.3 Å². The minimum absolute atomic E-state index is 0.0324. The van der Waals surface area contributed by atoms with E-state index in [1.54, 1.807) is 37.6 Å². The van der Waals surface area contributed by atoms with Crippen molar-refractivity contribution in [1.82, 2.24) is 35.2 Å². The number of nitrogens with one attached hydrogen (secondary N) is 2. The molecule has 0 aliphatic carbocycles. The van der Waals surface area contributed by atoms with E-state index in [1.165, 1.54) is 4.90 Å². The lowest BCUT2D eigenvalue weighted by atomic mass is 9.98. The molecule has 168 valence electrons. The van der Waals surface area contributed by atoms with Crippen molar-refractivity contribution in [1.29, 1.82) is 0 Å². The van der Waals surface area contributed by atoms with Gasteiger partial charge in [-0.05, 0) is 25.1 Å². The number of carbonyl (C=O) groups excluding carboxylic acids is 1. The van der Waals surface area contributed by atoms with Crippen LogP contribution in [0.15, 0.2) is 53.4 Å². The maximum absolute atomic E-state index is 12.3. The van der Waals surface area contributed by atoms with Gasteiger partial charge in [0.1, 0.15) is 5.69 Å². The first-order chi connectivity index (χ1) is 15.9. The van der Waals surface area contributed by atoms with Crippen LogP contribution in [0.5, 0.6) is 0 Å². The summed E-state index contributed by atoms with van der Waals surface area (Å²) in [5.41, 5.74) is 1.49. The van der Waals surface area contributed by atoms with Crippen LogP contribution in [-0.4, -0.2) is 59.8 Å². The fourth-order valence-corrected chi connectivity index (χ4v) is 3.74. The van der Waals surface area contributed by atoms with Crippen LogP contribution >= 0.6 is 0 Å². The van der Waals surface area contributed by atoms with E-state index in [0.717, 1.165) is 5.56 Å². The predicted octanol–water partition coefficient (Wildman–Crippen LogP) is 2.14. The zero-order valence-corrected chi connectivity index (χ0v) is 18.1. The van der Waals surface area contributed by atoms with Crippen LogP contribution < -0.4 is 5.32 Å². The van der Waals surface area contributed by atoms with Gasteiger partial charge in [-0.1, -0.05) is 11.2 Å². The van der Waals surface area contributed by atoms with Gasteiger partial charge >= 0.3 is 0 Å². The molecule has 0 spiro atoms. The van der Waals surface area contributed by atoms with Crippen LogP contribution in [0.2, 0.25) is 0 Å². The number of aromatic amines is 1. The highest BCUT2D eigenvalue weighted by atomic mass is 16.5. The standard InChI is InChI=1S/C22H22N8O3/c1-13(14-11-24-25-12-14)26-21-23-8-6-17(28-21)15-4-3-5-16(27-15)18-10-19(33-29-18)22(32)7-9-30(2)20(22)31/h3-6,8,10-13,32H,7,9H2,1-2H3,(H,24,25)(H,23,26,28)/t13?,22-/m1/s1. The summed E-state index contributed by atoms with van der Waals surface area (Å²) in [5.74, 6) is 0.168. The Bertz CT molecular complexity index is 1290. The number of aliphatic hydroxyl groups is 1. The lowest BCUT2D eigenvalue weighted by Gasteiger charge is -2.16. The third-order valence-corrected chi connectivity index (χ3v) is 5.72. The van der Waals surface area contributed by atoms with E-state index in [4.69, 9.17) is 4.52 Å². The maximum Gasteiger partial charge on any atom is 0.262 e. The van der Waals surface area contributed by atoms with Gasteiger partial charge < -0.3 is 19.8 Å². The normalized spacial score (nSPS) is 19.1. The molecule has 3 N–H and O–H groups in total. The molecule has 1 fully saturated rings. The van der Waals surface area contributed by atoms with Crippen molar-refractivity contribution in [3.8, 4) is 22.8 Å². The number of hydrogen-bond acceptors (Lipinski definition) is 9. The number of aromatic nitrogens is 6. The van der Waals surface area contributed by atoms with Crippen molar-refractivity contribution in [2.45, 2.75) is 25.0 Å². The van der Waals surface area contributed by atoms with Gasteiger partial charge in [-0.25, -0.2) is 15.0 Å². The molecule has 0 radical (unpaired) electrons. The van der Waals surface area contributed by atoms with Crippen molar-refractivity contribution in [3.05, 3.63) is 60.2 Å². The highest BCUT2D eigenvalue weighted by Crippen LogP contribution is 2.34. The number of pyridine rings is 1. The van der Waals surface area contributed by atoms with Crippen molar-refractivity contribution >= 4 is 11.9 Å². The summed E-state index contributed by atoms with van der Waals surface area (Å²) in [6.07, 6.45) is 5.46. The largest absolute Gasteiger partial charge is 0.373 e. The molecular weight excluding hydrogens is 424 g/mol. The molecule has 2 atom stereocenters. The molecule has 4 aromatic heterocycles. The molecular formula is C22H22N8O3. The smallest absolute Gasteiger partial charge is 0.262 e. The summed E-state index contributed by atoms with van der Waals surface area (Å²) in [6, 6.07) is 8.73. The lowest BCUT2D eigenvalue weighted by molar-refractivity contribution is -0.144. The van der Waals surface area contributed by atoms with Crippen LogP contribution in [-0.2, 0) is 10.4 Å². The number of rotatable bonds is 6. The van der Waals surface area contributed by atoms with Crippen molar-refractivity contribution in [2.24, 2.45) is 0 Å². The van der Waals surface area contributed by atoms with Crippen LogP contribution in [0.25, 0.3) is 22.8 Å². The Labute approximate surface area is 188 Å². The highest BCUT2D eigenvalue weighted by Gasteiger charge is 2.48. The lowest BCUT2D eigenvalue weighted by Crippen LogP contribution is -2.35. The average Bonchev–Trinajstić information content (AvgIpc) is 3.59. The number of amides is 1. The van der Waals surface area contributed by atoms with E-state index >= 15 is 0 Å². The number of hydrogen-bond donors (Lipinski definition) is 3. The van der Waals surface area contributed by atoms with E-state index in [2.05, 4.69) is 35.6 Å². The summed E-state index contributed by atoms with van der Waals surface area (Å²) < 4.78 is 5.34.